The summed E-state index contributed by atoms with van der Waals surface area (Å²) in [6.07, 6.45) is 0. The Hall–Kier alpha value is -2.83. The fourth-order valence-corrected chi connectivity index (χ4v) is 3.11. The molecule has 3 N–H and O–H groups in total. The molecule has 130 valence electrons. The van der Waals surface area contributed by atoms with Crippen LogP contribution < -0.4 is 5.73 Å². The second kappa shape index (κ2) is 6.48. The van der Waals surface area contributed by atoms with Gasteiger partial charge in [0.15, 0.2) is 0 Å². The first kappa shape index (κ1) is 16.6. The zero-order valence-corrected chi connectivity index (χ0v) is 15.1. The topological polar surface area (TPSA) is 93.6 Å². The number of H-pyrrole nitrogens is 1. The predicted molar refractivity (Wildman–Crippen MR) is 102 cm³/mol. The van der Waals surface area contributed by atoms with Gasteiger partial charge in [-0.2, -0.15) is 10.1 Å². The van der Waals surface area contributed by atoms with Gasteiger partial charge >= 0.3 is 0 Å². The van der Waals surface area contributed by atoms with Gasteiger partial charge < -0.3 is 10.3 Å². The summed E-state index contributed by atoms with van der Waals surface area (Å²) in [7, 11) is 0. The summed E-state index contributed by atoms with van der Waals surface area (Å²) in [5.74, 6) is 0.788. The first-order chi connectivity index (χ1) is 12.5. The smallest absolute Gasteiger partial charge is 0.276 e. The van der Waals surface area contributed by atoms with Crippen LogP contribution in [-0.4, -0.2) is 20.3 Å². The summed E-state index contributed by atoms with van der Waals surface area (Å²) in [6.45, 7) is 1.91. The van der Waals surface area contributed by atoms with E-state index in [-0.39, 0.29) is 0 Å². The van der Waals surface area contributed by atoms with Gasteiger partial charge in [-0.05, 0) is 42.8 Å². The van der Waals surface area contributed by atoms with Gasteiger partial charge in [0, 0.05) is 21.8 Å². The SMILES string of the molecule is Cc1c(N)cccc1-c1noc(-c2cc(-c3ccc(Cl)cc3Cl)n[nH]2)n1. The number of halogens is 2. The van der Waals surface area contributed by atoms with E-state index in [9.17, 15) is 0 Å². The van der Waals surface area contributed by atoms with E-state index < -0.39 is 0 Å². The summed E-state index contributed by atoms with van der Waals surface area (Å²) >= 11 is 12.2. The van der Waals surface area contributed by atoms with Crippen molar-refractivity contribution >= 4 is 28.9 Å². The number of nitrogen functional groups attached to an aromatic ring is 1. The van der Waals surface area contributed by atoms with Crippen molar-refractivity contribution in [1.29, 1.82) is 0 Å². The molecule has 2 aromatic carbocycles. The number of benzene rings is 2. The van der Waals surface area contributed by atoms with E-state index in [1.165, 1.54) is 0 Å². The van der Waals surface area contributed by atoms with Crippen LogP contribution in [0.5, 0.6) is 0 Å². The summed E-state index contributed by atoms with van der Waals surface area (Å²) in [4.78, 5) is 4.44. The van der Waals surface area contributed by atoms with Gasteiger partial charge in [-0.1, -0.05) is 40.5 Å². The summed E-state index contributed by atoms with van der Waals surface area (Å²) in [6, 6.07) is 12.6. The molecule has 4 aromatic rings. The van der Waals surface area contributed by atoms with Gasteiger partial charge in [-0.25, -0.2) is 0 Å². The van der Waals surface area contributed by atoms with E-state index in [4.69, 9.17) is 33.5 Å². The van der Waals surface area contributed by atoms with Crippen LogP contribution in [0.25, 0.3) is 34.2 Å². The molecule has 0 aliphatic heterocycles. The van der Waals surface area contributed by atoms with Crippen molar-refractivity contribution in [3.8, 4) is 34.2 Å². The van der Waals surface area contributed by atoms with Crippen LogP contribution in [0, 0.1) is 6.92 Å². The molecule has 0 aliphatic rings. The number of rotatable bonds is 3. The molecule has 0 fully saturated rings. The molecule has 0 radical (unpaired) electrons. The minimum atomic E-state index is 0.325. The van der Waals surface area contributed by atoms with Gasteiger partial charge in [0.2, 0.25) is 5.82 Å². The molecule has 0 aliphatic carbocycles. The van der Waals surface area contributed by atoms with E-state index in [1.54, 1.807) is 24.3 Å². The van der Waals surface area contributed by atoms with Crippen LogP contribution in [0.4, 0.5) is 5.69 Å². The molecule has 2 aromatic heterocycles. The molecule has 0 bridgehead atoms. The van der Waals surface area contributed by atoms with Crippen LogP contribution in [0.15, 0.2) is 47.0 Å². The summed E-state index contributed by atoms with van der Waals surface area (Å²) in [5, 5.41) is 12.3. The maximum atomic E-state index is 6.23. The Morgan fingerprint density at radius 1 is 1.08 bits per heavy atom. The predicted octanol–water partition coefficient (Wildman–Crippen LogP) is 4.99. The molecule has 6 nitrogen and oxygen atoms in total. The molecule has 0 unspecified atom stereocenters. The van der Waals surface area contributed by atoms with Gasteiger partial charge in [-0.15, -0.1) is 0 Å². The standard InChI is InChI=1S/C18H13Cl2N5O/c1-9-11(3-2-4-14(9)21)17-22-18(26-25-17)16-8-15(23-24-16)12-6-5-10(19)7-13(12)20/h2-8H,21H2,1H3,(H,23,24). The lowest BCUT2D eigenvalue weighted by Crippen LogP contribution is -1.92. The van der Waals surface area contributed by atoms with Crippen molar-refractivity contribution in [2.45, 2.75) is 6.92 Å². The Balaban J connectivity index is 1.69. The Bertz CT molecular complexity index is 1100. The monoisotopic (exact) mass is 385 g/mol. The van der Waals surface area contributed by atoms with Crippen molar-refractivity contribution in [2.75, 3.05) is 5.73 Å². The number of hydrogen-bond acceptors (Lipinski definition) is 5. The fourth-order valence-electron chi connectivity index (χ4n) is 2.60. The highest BCUT2D eigenvalue weighted by atomic mass is 35.5. The highest BCUT2D eigenvalue weighted by Gasteiger charge is 2.16. The second-order valence-corrected chi connectivity index (χ2v) is 6.58. The molecule has 2 heterocycles. The molecule has 0 spiro atoms. The zero-order chi connectivity index (χ0) is 18.3. The third-order valence-corrected chi connectivity index (χ3v) is 4.61. The third-order valence-electron chi connectivity index (χ3n) is 4.06. The van der Waals surface area contributed by atoms with Crippen molar-refractivity contribution in [1.82, 2.24) is 20.3 Å². The third kappa shape index (κ3) is 2.94. The summed E-state index contributed by atoms with van der Waals surface area (Å²) in [5.41, 5.74) is 10.3. The highest BCUT2D eigenvalue weighted by Crippen LogP contribution is 2.32. The molecule has 8 heteroatoms. The first-order valence-corrected chi connectivity index (χ1v) is 8.49. The summed E-state index contributed by atoms with van der Waals surface area (Å²) < 4.78 is 5.37. The maximum absolute atomic E-state index is 6.23. The number of nitrogens with one attached hydrogen (secondary N) is 1. The quantitative estimate of drug-likeness (QED) is 0.484. The van der Waals surface area contributed by atoms with Gasteiger partial charge in [0.25, 0.3) is 5.89 Å². The minimum Gasteiger partial charge on any atom is -0.398 e. The lowest BCUT2D eigenvalue weighted by molar-refractivity contribution is 0.431. The molecule has 0 saturated carbocycles. The minimum absolute atomic E-state index is 0.325. The Morgan fingerprint density at radius 2 is 1.92 bits per heavy atom. The van der Waals surface area contributed by atoms with Crippen LogP contribution in [0.3, 0.4) is 0 Å². The maximum Gasteiger partial charge on any atom is 0.276 e. The molecular formula is C18H13Cl2N5O. The fraction of sp³-hybridized carbons (Fsp3) is 0.0556. The number of nitrogens with zero attached hydrogens (tertiary/aromatic N) is 3. The van der Waals surface area contributed by atoms with Gasteiger partial charge in [0.1, 0.15) is 5.69 Å². The zero-order valence-electron chi connectivity index (χ0n) is 13.6. The molecule has 0 atom stereocenters. The number of nitrogens with two attached hydrogens (primary N) is 1. The van der Waals surface area contributed by atoms with E-state index in [0.717, 1.165) is 16.7 Å². The normalized spacial score (nSPS) is 11.0. The van der Waals surface area contributed by atoms with Crippen molar-refractivity contribution in [3.05, 3.63) is 58.1 Å². The molecule has 26 heavy (non-hydrogen) atoms. The average molecular weight is 386 g/mol. The van der Waals surface area contributed by atoms with Crippen LogP contribution in [-0.2, 0) is 0 Å². The second-order valence-electron chi connectivity index (χ2n) is 5.73. The number of aromatic nitrogens is 4. The first-order valence-electron chi connectivity index (χ1n) is 7.73. The van der Waals surface area contributed by atoms with Gasteiger partial charge in [0.05, 0.1) is 10.7 Å². The molecule has 0 saturated heterocycles. The number of hydrogen-bond donors (Lipinski definition) is 2. The van der Waals surface area contributed by atoms with Crippen molar-refractivity contribution in [2.24, 2.45) is 0 Å². The number of aromatic amines is 1. The van der Waals surface area contributed by atoms with Gasteiger partial charge in [-0.3, -0.25) is 5.10 Å². The molecular weight excluding hydrogens is 373 g/mol. The van der Waals surface area contributed by atoms with Crippen molar-refractivity contribution < 1.29 is 4.52 Å². The van der Waals surface area contributed by atoms with Crippen molar-refractivity contribution in [3.63, 3.8) is 0 Å². The lowest BCUT2D eigenvalue weighted by atomic mass is 10.1. The van der Waals surface area contributed by atoms with E-state index in [1.807, 2.05) is 25.1 Å². The highest BCUT2D eigenvalue weighted by molar-refractivity contribution is 6.36. The Labute approximate surface area is 158 Å². The van der Waals surface area contributed by atoms with E-state index in [2.05, 4.69) is 20.3 Å². The van der Waals surface area contributed by atoms with E-state index in [0.29, 0.717) is 38.8 Å². The van der Waals surface area contributed by atoms with Crippen LogP contribution >= 0.6 is 23.2 Å². The number of anilines is 1. The van der Waals surface area contributed by atoms with E-state index >= 15 is 0 Å². The average Bonchev–Trinajstić information content (AvgIpc) is 3.26. The molecule has 4 rings (SSSR count). The lowest BCUT2D eigenvalue weighted by Gasteiger charge is -2.03. The van der Waals surface area contributed by atoms with Crippen LogP contribution in [0.1, 0.15) is 5.56 Å². The van der Waals surface area contributed by atoms with Crippen LogP contribution in [0.2, 0.25) is 10.0 Å². The largest absolute Gasteiger partial charge is 0.398 e. The molecule has 0 amide bonds. The Morgan fingerprint density at radius 3 is 2.73 bits per heavy atom. The Kier molecular flexibility index (Phi) is 4.14.